The van der Waals surface area contributed by atoms with E-state index in [1.165, 1.54) is 0 Å². The van der Waals surface area contributed by atoms with Crippen LogP contribution >= 0.6 is 0 Å². The number of carbonyl (C=O) groups is 2. The molecule has 0 aliphatic carbocycles. The smallest absolute Gasteiger partial charge is 0.319 e. The number of nitrogens with one attached hydrogen (secondary N) is 2. The zero-order chi connectivity index (χ0) is 25.9. The number of aliphatic hydroxyl groups excluding tert-OH is 1. The highest BCUT2D eigenvalue weighted by molar-refractivity contribution is 5.89. The molecule has 3 amide bonds. The molecule has 1 saturated heterocycles. The summed E-state index contributed by atoms with van der Waals surface area (Å²) in [4.78, 5) is 38.9. The van der Waals surface area contributed by atoms with Gasteiger partial charge in [-0.05, 0) is 58.4 Å². The Labute approximate surface area is 212 Å². The molecule has 2 aliphatic rings. The molecule has 2 aliphatic heterocycles. The van der Waals surface area contributed by atoms with Crippen LogP contribution < -0.4 is 15.5 Å². The van der Waals surface area contributed by atoms with Gasteiger partial charge in [-0.2, -0.15) is 0 Å². The lowest BCUT2D eigenvalue weighted by Gasteiger charge is -2.39. The van der Waals surface area contributed by atoms with Crippen molar-refractivity contribution in [3.8, 4) is 11.4 Å². The van der Waals surface area contributed by atoms with Crippen molar-refractivity contribution >= 4 is 23.4 Å². The van der Waals surface area contributed by atoms with E-state index in [1.54, 1.807) is 18.7 Å². The molecule has 0 bridgehead atoms. The molecule has 4 rings (SSSR count). The first-order valence-corrected chi connectivity index (χ1v) is 12.5. The summed E-state index contributed by atoms with van der Waals surface area (Å²) in [5, 5.41) is 15.2. The number of nitrogens with zero attached hydrogens (tertiary/aromatic N) is 4. The molecule has 2 aromatic rings. The molecule has 194 valence electrons. The molecule has 36 heavy (non-hydrogen) atoms. The van der Waals surface area contributed by atoms with Crippen molar-refractivity contribution in [1.82, 2.24) is 20.2 Å². The summed E-state index contributed by atoms with van der Waals surface area (Å²) in [5.41, 5.74) is 2.54. The zero-order valence-electron chi connectivity index (χ0n) is 21.5. The first kappa shape index (κ1) is 25.8. The number of urea groups is 1. The van der Waals surface area contributed by atoms with Crippen molar-refractivity contribution in [2.24, 2.45) is 5.41 Å². The SMILES string of the molecule is CCNC(=O)Nc1ccc(-c2nc3c(c(N4CCOCC4C)n2)CCN(C(=O)C(C)(C)CO)C3)cc1. The zero-order valence-corrected chi connectivity index (χ0v) is 21.5. The van der Waals surface area contributed by atoms with Gasteiger partial charge in [0.05, 0.1) is 43.5 Å². The van der Waals surface area contributed by atoms with Gasteiger partial charge in [-0.15, -0.1) is 0 Å². The van der Waals surface area contributed by atoms with Gasteiger partial charge in [0.2, 0.25) is 5.91 Å². The Morgan fingerprint density at radius 2 is 1.94 bits per heavy atom. The second-order valence-corrected chi connectivity index (χ2v) is 9.99. The number of aliphatic hydroxyl groups is 1. The second-order valence-electron chi connectivity index (χ2n) is 9.99. The van der Waals surface area contributed by atoms with E-state index in [0.717, 1.165) is 29.2 Å². The van der Waals surface area contributed by atoms with Gasteiger partial charge in [0.1, 0.15) is 5.82 Å². The van der Waals surface area contributed by atoms with Crippen LogP contribution in [0.4, 0.5) is 16.3 Å². The molecule has 0 saturated carbocycles. The number of aromatic nitrogens is 2. The number of hydrogen-bond acceptors (Lipinski definition) is 7. The minimum atomic E-state index is -0.845. The summed E-state index contributed by atoms with van der Waals surface area (Å²) in [5.74, 6) is 1.38. The fourth-order valence-electron chi connectivity index (χ4n) is 4.53. The van der Waals surface area contributed by atoms with Crippen molar-refractivity contribution in [2.75, 3.05) is 49.7 Å². The predicted octanol–water partition coefficient (Wildman–Crippen LogP) is 2.41. The molecular formula is C26H36N6O4. The van der Waals surface area contributed by atoms with Crippen molar-refractivity contribution in [3.63, 3.8) is 0 Å². The molecule has 1 fully saturated rings. The van der Waals surface area contributed by atoms with E-state index >= 15 is 0 Å². The third-order valence-corrected chi connectivity index (χ3v) is 6.68. The molecule has 0 spiro atoms. The third-order valence-electron chi connectivity index (χ3n) is 6.68. The lowest BCUT2D eigenvalue weighted by Crippen LogP contribution is -2.47. The molecule has 0 radical (unpaired) electrons. The molecule has 10 nitrogen and oxygen atoms in total. The largest absolute Gasteiger partial charge is 0.395 e. The van der Waals surface area contributed by atoms with E-state index in [4.69, 9.17) is 14.7 Å². The maximum Gasteiger partial charge on any atom is 0.319 e. The molecule has 1 aromatic heterocycles. The average molecular weight is 497 g/mol. The van der Waals surface area contributed by atoms with E-state index in [-0.39, 0.29) is 24.6 Å². The molecule has 10 heteroatoms. The van der Waals surface area contributed by atoms with Crippen LogP contribution in [0, 0.1) is 5.41 Å². The van der Waals surface area contributed by atoms with E-state index in [1.807, 2.05) is 31.2 Å². The Morgan fingerprint density at radius 3 is 2.61 bits per heavy atom. The van der Waals surface area contributed by atoms with Gasteiger partial charge in [-0.1, -0.05) is 0 Å². The first-order valence-electron chi connectivity index (χ1n) is 12.5. The Bertz CT molecular complexity index is 1100. The van der Waals surface area contributed by atoms with Crippen LogP contribution in [0.5, 0.6) is 0 Å². The molecule has 1 aromatic carbocycles. The van der Waals surface area contributed by atoms with E-state index in [0.29, 0.717) is 50.8 Å². The minimum Gasteiger partial charge on any atom is -0.395 e. The van der Waals surface area contributed by atoms with Gasteiger partial charge in [0, 0.05) is 36.4 Å². The Morgan fingerprint density at radius 1 is 1.19 bits per heavy atom. The summed E-state index contributed by atoms with van der Waals surface area (Å²) in [7, 11) is 0. The van der Waals surface area contributed by atoms with Crippen LogP contribution in [-0.4, -0.2) is 77.4 Å². The fraction of sp³-hybridized carbons (Fsp3) is 0.538. The number of carbonyl (C=O) groups excluding carboxylic acids is 2. The molecule has 3 N–H and O–H groups in total. The molecule has 3 heterocycles. The lowest BCUT2D eigenvalue weighted by molar-refractivity contribution is -0.143. The summed E-state index contributed by atoms with van der Waals surface area (Å²) in [6.45, 7) is 10.8. The number of hydrogen-bond donors (Lipinski definition) is 3. The Balaban J connectivity index is 1.69. The number of benzene rings is 1. The number of rotatable bonds is 6. The topological polar surface area (TPSA) is 120 Å². The summed E-state index contributed by atoms with van der Waals surface area (Å²) >= 11 is 0. The molecular weight excluding hydrogens is 460 g/mol. The molecule has 1 atom stereocenters. The summed E-state index contributed by atoms with van der Waals surface area (Å²) in [6.07, 6.45) is 0.650. The lowest BCUT2D eigenvalue weighted by atomic mass is 9.91. The van der Waals surface area contributed by atoms with Gasteiger partial charge in [0.15, 0.2) is 5.82 Å². The van der Waals surface area contributed by atoms with Gasteiger partial charge < -0.3 is 30.3 Å². The standard InChI is InChI=1S/C26H36N6O4/c1-5-27-25(35)28-19-8-6-18(7-9-19)22-29-21-14-31(24(34)26(3,4)16-33)11-10-20(21)23(30-22)32-12-13-36-15-17(32)2/h6-9,17,33H,5,10-16H2,1-4H3,(H2,27,28,35). The van der Waals surface area contributed by atoms with Gasteiger partial charge in [0.25, 0.3) is 0 Å². The Kier molecular flexibility index (Phi) is 7.75. The van der Waals surface area contributed by atoms with Crippen molar-refractivity contribution < 1.29 is 19.4 Å². The second kappa shape index (κ2) is 10.8. The molecule has 1 unspecified atom stereocenters. The van der Waals surface area contributed by atoms with Crippen molar-refractivity contribution in [2.45, 2.75) is 46.7 Å². The van der Waals surface area contributed by atoms with E-state index in [2.05, 4.69) is 22.5 Å². The summed E-state index contributed by atoms with van der Waals surface area (Å²) in [6, 6.07) is 7.33. The van der Waals surface area contributed by atoms with E-state index in [9.17, 15) is 14.7 Å². The monoisotopic (exact) mass is 496 g/mol. The van der Waals surface area contributed by atoms with Crippen LogP contribution in [0.25, 0.3) is 11.4 Å². The van der Waals surface area contributed by atoms with Crippen LogP contribution in [0.1, 0.15) is 39.0 Å². The van der Waals surface area contributed by atoms with Crippen LogP contribution in [0.15, 0.2) is 24.3 Å². The third kappa shape index (κ3) is 5.44. The number of morpholine rings is 1. The van der Waals surface area contributed by atoms with Gasteiger partial charge in [-0.25, -0.2) is 14.8 Å². The highest BCUT2D eigenvalue weighted by Gasteiger charge is 2.35. The average Bonchev–Trinajstić information content (AvgIpc) is 2.88. The predicted molar refractivity (Wildman–Crippen MR) is 138 cm³/mol. The quantitative estimate of drug-likeness (QED) is 0.562. The Hall–Kier alpha value is -3.24. The maximum atomic E-state index is 13.1. The summed E-state index contributed by atoms with van der Waals surface area (Å²) < 4.78 is 5.65. The minimum absolute atomic E-state index is 0.0853. The number of fused-ring (bicyclic) bond motifs is 1. The van der Waals surface area contributed by atoms with Gasteiger partial charge >= 0.3 is 6.03 Å². The fourth-order valence-corrected chi connectivity index (χ4v) is 4.53. The normalized spacial score (nSPS) is 18.0. The maximum absolute atomic E-state index is 13.1. The van der Waals surface area contributed by atoms with Gasteiger partial charge in [-0.3, -0.25) is 4.79 Å². The highest BCUT2D eigenvalue weighted by Crippen LogP contribution is 2.33. The first-order chi connectivity index (χ1) is 17.2. The number of anilines is 2. The number of amides is 3. The number of ether oxygens (including phenoxy) is 1. The van der Waals surface area contributed by atoms with Crippen molar-refractivity contribution in [1.29, 1.82) is 0 Å². The van der Waals surface area contributed by atoms with Crippen molar-refractivity contribution in [3.05, 3.63) is 35.5 Å². The van der Waals surface area contributed by atoms with Crippen LogP contribution in [0.2, 0.25) is 0 Å². The van der Waals surface area contributed by atoms with Crippen LogP contribution in [0.3, 0.4) is 0 Å². The van der Waals surface area contributed by atoms with Crippen LogP contribution in [-0.2, 0) is 22.5 Å². The highest BCUT2D eigenvalue weighted by atomic mass is 16.5. The van der Waals surface area contributed by atoms with E-state index < -0.39 is 5.41 Å².